The number of amides is 1. The van der Waals surface area contributed by atoms with E-state index in [1.54, 1.807) is 0 Å². The van der Waals surface area contributed by atoms with Gasteiger partial charge in [0.05, 0.1) is 5.92 Å². The smallest absolute Gasteiger partial charge is 0.229 e. The Morgan fingerprint density at radius 3 is 3.00 bits per heavy atom. The SMILES string of the molecule is CCN(CCCCl)C(=O)C1COc2ccccc2C1. The van der Waals surface area contributed by atoms with Crippen molar-refractivity contribution in [2.45, 2.75) is 19.8 Å². The van der Waals surface area contributed by atoms with Crippen LogP contribution in [0.5, 0.6) is 5.75 Å². The molecule has 1 aliphatic heterocycles. The zero-order valence-corrected chi connectivity index (χ0v) is 12.0. The van der Waals surface area contributed by atoms with E-state index in [1.165, 1.54) is 0 Å². The molecule has 0 saturated heterocycles. The van der Waals surface area contributed by atoms with E-state index in [0.29, 0.717) is 12.5 Å². The topological polar surface area (TPSA) is 29.5 Å². The predicted octanol–water partition coefficient (Wildman–Crippen LogP) is 2.72. The number of rotatable bonds is 5. The van der Waals surface area contributed by atoms with E-state index in [4.69, 9.17) is 16.3 Å². The van der Waals surface area contributed by atoms with E-state index in [2.05, 4.69) is 0 Å². The van der Waals surface area contributed by atoms with Crippen LogP contribution in [0, 0.1) is 5.92 Å². The van der Waals surface area contributed by atoms with Gasteiger partial charge in [-0.15, -0.1) is 11.6 Å². The molecule has 0 spiro atoms. The molecule has 19 heavy (non-hydrogen) atoms. The molecular formula is C15H20ClNO2. The van der Waals surface area contributed by atoms with Crippen LogP contribution in [-0.4, -0.2) is 36.4 Å². The molecule has 0 aliphatic carbocycles. The van der Waals surface area contributed by atoms with Gasteiger partial charge in [0.15, 0.2) is 0 Å². The van der Waals surface area contributed by atoms with Crippen molar-refractivity contribution < 1.29 is 9.53 Å². The maximum absolute atomic E-state index is 12.4. The standard InChI is InChI=1S/C15H20ClNO2/c1-2-17(9-5-8-16)15(18)13-10-12-6-3-4-7-14(12)19-11-13/h3-4,6-7,13H,2,5,8-11H2,1H3. The van der Waals surface area contributed by atoms with Gasteiger partial charge < -0.3 is 9.64 Å². The molecule has 1 unspecified atom stereocenters. The molecule has 1 heterocycles. The largest absolute Gasteiger partial charge is 0.492 e. The number of para-hydroxylation sites is 1. The molecule has 0 saturated carbocycles. The second-order valence-electron chi connectivity index (χ2n) is 4.78. The Kier molecular flexibility index (Phi) is 5.08. The maximum atomic E-state index is 12.4. The number of carbonyl (C=O) groups is 1. The number of alkyl halides is 1. The first-order valence-corrected chi connectivity index (χ1v) is 7.35. The lowest BCUT2D eigenvalue weighted by molar-refractivity contribution is -0.136. The zero-order chi connectivity index (χ0) is 13.7. The average molecular weight is 282 g/mol. The van der Waals surface area contributed by atoms with Gasteiger partial charge in [-0.2, -0.15) is 0 Å². The number of ether oxygens (including phenoxy) is 1. The molecule has 0 bridgehead atoms. The van der Waals surface area contributed by atoms with Gasteiger partial charge in [-0.25, -0.2) is 0 Å². The minimum absolute atomic E-state index is 0.0647. The third-order valence-electron chi connectivity index (χ3n) is 3.48. The quantitative estimate of drug-likeness (QED) is 0.777. The van der Waals surface area contributed by atoms with Crippen LogP contribution in [0.15, 0.2) is 24.3 Å². The number of fused-ring (bicyclic) bond motifs is 1. The van der Waals surface area contributed by atoms with Gasteiger partial charge in [0.25, 0.3) is 0 Å². The van der Waals surface area contributed by atoms with Crippen LogP contribution in [0.2, 0.25) is 0 Å². The summed E-state index contributed by atoms with van der Waals surface area (Å²) in [6, 6.07) is 7.94. The molecule has 1 atom stereocenters. The van der Waals surface area contributed by atoms with Crippen molar-refractivity contribution in [3.8, 4) is 5.75 Å². The molecule has 1 amide bonds. The fraction of sp³-hybridized carbons (Fsp3) is 0.533. The Hall–Kier alpha value is -1.22. The van der Waals surface area contributed by atoms with E-state index in [1.807, 2.05) is 36.1 Å². The molecule has 1 aromatic rings. The molecule has 2 rings (SSSR count). The van der Waals surface area contributed by atoms with E-state index in [-0.39, 0.29) is 11.8 Å². The molecule has 1 aliphatic rings. The van der Waals surface area contributed by atoms with Crippen molar-refractivity contribution in [1.29, 1.82) is 0 Å². The van der Waals surface area contributed by atoms with Crippen molar-refractivity contribution in [3.05, 3.63) is 29.8 Å². The first-order valence-electron chi connectivity index (χ1n) is 6.81. The van der Waals surface area contributed by atoms with Gasteiger partial charge in [-0.1, -0.05) is 18.2 Å². The third-order valence-corrected chi connectivity index (χ3v) is 3.75. The lowest BCUT2D eigenvalue weighted by atomic mass is 9.95. The van der Waals surface area contributed by atoms with Crippen molar-refractivity contribution in [3.63, 3.8) is 0 Å². The number of halogens is 1. The Labute approximate surface area is 119 Å². The van der Waals surface area contributed by atoms with Crippen LogP contribution in [0.4, 0.5) is 0 Å². The van der Waals surface area contributed by atoms with Crippen LogP contribution in [0.3, 0.4) is 0 Å². The van der Waals surface area contributed by atoms with Gasteiger partial charge in [0.2, 0.25) is 5.91 Å². The van der Waals surface area contributed by atoms with Gasteiger partial charge in [-0.3, -0.25) is 4.79 Å². The third kappa shape index (κ3) is 3.41. The predicted molar refractivity (Wildman–Crippen MR) is 76.7 cm³/mol. The van der Waals surface area contributed by atoms with Crippen LogP contribution in [0.25, 0.3) is 0 Å². The summed E-state index contributed by atoms with van der Waals surface area (Å²) in [6.45, 7) is 3.95. The number of carbonyl (C=O) groups excluding carboxylic acids is 1. The van der Waals surface area contributed by atoms with Gasteiger partial charge in [-0.05, 0) is 31.4 Å². The Morgan fingerprint density at radius 2 is 2.26 bits per heavy atom. The first-order chi connectivity index (χ1) is 9.26. The Bertz CT molecular complexity index is 436. The summed E-state index contributed by atoms with van der Waals surface area (Å²) in [4.78, 5) is 14.3. The number of benzene rings is 1. The molecule has 0 fully saturated rings. The summed E-state index contributed by atoms with van der Waals surface area (Å²) in [5.41, 5.74) is 1.13. The molecule has 0 radical (unpaired) electrons. The highest BCUT2D eigenvalue weighted by molar-refractivity contribution is 6.17. The highest BCUT2D eigenvalue weighted by atomic mass is 35.5. The lowest BCUT2D eigenvalue weighted by Crippen LogP contribution is -2.41. The van der Waals surface area contributed by atoms with E-state index >= 15 is 0 Å². The molecule has 1 aromatic carbocycles. The molecule has 4 heteroatoms. The average Bonchev–Trinajstić information content (AvgIpc) is 2.47. The molecule has 0 aromatic heterocycles. The fourth-order valence-corrected chi connectivity index (χ4v) is 2.54. The molecule has 104 valence electrons. The second kappa shape index (κ2) is 6.80. The van der Waals surface area contributed by atoms with Crippen molar-refractivity contribution in [2.24, 2.45) is 5.92 Å². The summed E-state index contributed by atoms with van der Waals surface area (Å²) in [6.07, 6.45) is 1.61. The first kappa shape index (κ1) is 14.2. The number of nitrogens with zero attached hydrogens (tertiary/aromatic N) is 1. The van der Waals surface area contributed by atoms with Crippen LogP contribution in [-0.2, 0) is 11.2 Å². The molecule has 0 N–H and O–H groups in total. The Morgan fingerprint density at radius 1 is 1.47 bits per heavy atom. The minimum atomic E-state index is -0.0647. The number of hydrogen-bond donors (Lipinski definition) is 0. The Balaban J connectivity index is 2.01. The minimum Gasteiger partial charge on any atom is -0.492 e. The van der Waals surface area contributed by atoms with Crippen molar-refractivity contribution in [2.75, 3.05) is 25.6 Å². The second-order valence-corrected chi connectivity index (χ2v) is 5.16. The van der Waals surface area contributed by atoms with Crippen molar-refractivity contribution >= 4 is 17.5 Å². The maximum Gasteiger partial charge on any atom is 0.229 e. The van der Waals surface area contributed by atoms with Crippen molar-refractivity contribution in [1.82, 2.24) is 4.90 Å². The van der Waals surface area contributed by atoms with Gasteiger partial charge in [0, 0.05) is 19.0 Å². The summed E-state index contributed by atoms with van der Waals surface area (Å²) >= 11 is 5.70. The lowest BCUT2D eigenvalue weighted by Gasteiger charge is -2.29. The summed E-state index contributed by atoms with van der Waals surface area (Å²) < 4.78 is 5.68. The normalized spacial score (nSPS) is 17.5. The van der Waals surface area contributed by atoms with E-state index < -0.39 is 0 Å². The van der Waals surface area contributed by atoms with Gasteiger partial charge >= 0.3 is 0 Å². The van der Waals surface area contributed by atoms with Crippen LogP contribution >= 0.6 is 11.6 Å². The zero-order valence-electron chi connectivity index (χ0n) is 11.3. The fourth-order valence-electron chi connectivity index (χ4n) is 2.42. The highest BCUT2D eigenvalue weighted by Gasteiger charge is 2.28. The molecular weight excluding hydrogens is 262 g/mol. The van der Waals surface area contributed by atoms with Crippen LogP contribution < -0.4 is 4.74 Å². The summed E-state index contributed by atoms with van der Waals surface area (Å²) in [5.74, 6) is 1.62. The summed E-state index contributed by atoms with van der Waals surface area (Å²) in [7, 11) is 0. The molecule has 3 nitrogen and oxygen atoms in total. The number of hydrogen-bond acceptors (Lipinski definition) is 2. The summed E-state index contributed by atoms with van der Waals surface area (Å²) in [5, 5.41) is 0. The monoisotopic (exact) mass is 281 g/mol. The van der Waals surface area contributed by atoms with Gasteiger partial charge in [0.1, 0.15) is 12.4 Å². The van der Waals surface area contributed by atoms with Crippen LogP contribution in [0.1, 0.15) is 18.9 Å². The highest BCUT2D eigenvalue weighted by Crippen LogP contribution is 2.27. The van der Waals surface area contributed by atoms with E-state index in [0.717, 1.165) is 37.2 Å². The van der Waals surface area contributed by atoms with E-state index in [9.17, 15) is 4.79 Å².